The van der Waals surface area contributed by atoms with Crippen LogP contribution in [0, 0.1) is 29.6 Å². The Kier molecular flexibility index (Phi) is 4.88. The smallest absolute Gasteiger partial charge is 0.402 e. The Labute approximate surface area is 171 Å². The summed E-state index contributed by atoms with van der Waals surface area (Å²) in [7, 11) is -5.76. The van der Waals surface area contributed by atoms with Crippen molar-refractivity contribution in [3.8, 4) is 0 Å². The quantitative estimate of drug-likeness (QED) is 0.446. The Hall–Kier alpha value is -1.82. The summed E-state index contributed by atoms with van der Waals surface area (Å²) in [5.41, 5.74) is 0. The first-order chi connectivity index (χ1) is 13.8. The van der Waals surface area contributed by atoms with E-state index in [1.165, 1.54) is 0 Å². The second-order valence-corrected chi connectivity index (χ2v) is 10.4. The fourth-order valence-electron chi connectivity index (χ4n) is 5.30. The van der Waals surface area contributed by atoms with E-state index in [0.717, 1.165) is 12.8 Å². The topological polar surface area (TPSA) is 127 Å². The lowest BCUT2D eigenvalue weighted by Crippen LogP contribution is -2.49. The minimum Gasteiger partial charge on any atom is -0.460 e. The average molecular weight is 451 g/mol. The normalized spacial score (nSPS) is 35.3. The number of likely N-dealkylation sites (tertiary alicyclic amines) is 1. The molecule has 168 valence electrons. The summed E-state index contributed by atoms with van der Waals surface area (Å²) in [5.74, 6) is -4.81. The summed E-state index contributed by atoms with van der Waals surface area (Å²) in [4.78, 5) is 39.5. The molecule has 0 aromatic heterocycles. The summed E-state index contributed by atoms with van der Waals surface area (Å²) in [6.45, 7) is 1.74. The maximum absolute atomic E-state index is 13.5. The number of carbonyl (C=O) groups excluding carboxylic acids is 3. The van der Waals surface area contributed by atoms with Crippen LogP contribution in [0.15, 0.2) is 0 Å². The lowest BCUT2D eigenvalue weighted by Gasteiger charge is -2.35. The van der Waals surface area contributed by atoms with Gasteiger partial charge in [0, 0.05) is 12.0 Å². The number of fused-ring (bicyclic) bond motifs is 1. The van der Waals surface area contributed by atoms with E-state index >= 15 is 0 Å². The van der Waals surface area contributed by atoms with Gasteiger partial charge in [-0.3, -0.25) is 18.9 Å². The molecule has 4 aliphatic rings. The van der Waals surface area contributed by atoms with Crippen LogP contribution in [0.25, 0.3) is 0 Å². The van der Waals surface area contributed by atoms with Gasteiger partial charge in [0.05, 0.1) is 23.8 Å². The maximum atomic E-state index is 13.5. The van der Waals surface area contributed by atoms with E-state index in [2.05, 4.69) is 4.74 Å². The molecule has 6 unspecified atom stereocenters. The molecule has 1 aliphatic heterocycles. The summed E-state index contributed by atoms with van der Waals surface area (Å²) in [5, 5.41) is -4.66. The molecule has 3 saturated carbocycles. The molecule has 0 aromatic rings. The van der Waals surface area contributed by atoms with Crippen LogP contribution in [0.1, 0.15) is 33.1 Å². The van der Waals surface area contributed by atoms with Crippen molar-refractivity contribution < 1.29 is 45.6 Å². The predicted molar refractivity (Wildman–Crippen MR) is 94.4 cm³/mol. The number of hydrogen-bond acceptors (Lipinski definition) is 7. The lowest BCUT2D eigenvalue weighted by atomic mass is 9.78. The molecular weight excluding hydrogens is 428 g/mol. The first kappa shape index (κ1) is 21.4. The summed E-state index contributed by atoms with van der Waals surface area (Å²) >= 11 is 0. The third kappa shape index (κ3) is 3.19. The average Bonchev–Trinajstić information content (AvgIpc) is 3.28. The molecule has 0 radical (unpaired) electrons. The minimum atomic E-state index is -5.76. The first-order valence-corrected chi connectivity index (χ1v) is 11.3. The van der Waals surface area contributed by atoms with Crippen LogP contribution in [0.5, 0.6) is 0 Å². The van der Waals surface area contributed by atoms with Crippen LogP contribution >= 0.6 is 0 Å². The largest absolute Gasteiger partial charge is 0.460 e. The third-order valence-electron chi connectivity index (χ3n) is 6.66. The number of esters is 2. The van der Waals surface area contributed by atoms with Crippen LogP contribution in [0.4, 0.5) is 8.78 Å². The molecule has 1 heterocycles. The van der Waals surface area contributed by atoms with Crippen LogP contribution in [-0.2, 0) is 34.0 Å². The Morgan fingerprint density at radius 1 is 1.23 bits per heavy atom. The van der Waals surface area contributed by atoms with Gasteiger partial charge in [0.25, 0.3) is 0 Å². The van der Waals surface area contributed by atoms with Gasteiger partial charge in [-0.05, 0) is 39.0 Å². The van der Waals surface area contributed by atoms with Gasteiger partial charge in [-0.15, -0.1) is 0 Å². The van der Waals surface area contributed by atoms with E-state index in [1.807, 2.05) is 0 Å². The molecule has 9 nitrogen and oxygen atoms in total. The van der Waals surface area contributed by atoms with Gasteiger partial charge in [0.1, 0.15) is 6.10 Å². The number of rotatable bonds is 7. The Bertz CT molecular complexity index is 887. The number of halogens is 2. The van der Waals surface area contributed by atoms with Crippen LogP contribution in [-0.4, -0.2) is 65.8 Å². The highest BCUT2D eigenvalue weighted by Crippen LogP contribution is 2.60. The number of hydrogen-bond donors (Lipinski definition) is 1. The van der Waals surface area contributed by atoms with Gasteiger partial charge in [-0.25, -0.2) is 0 Å². The second-order valence-electron chi connectivity index (χ2n) is 8.84. The SMILES string of the molecule is CC(C)N1C(=O)C2C3CC(C(OC(=O)C4CC4)C31)C2C(=O)OCC(F)(F)S(=O)(=O)O. The molecule has 4 rings (SSSR count). The maximum Gasteiger partial charge on any atom is 0.402 e. The van der Waals surface area contributed by atoms with Crippen molar-refractivity contribution in [1.29, 1.82) is 0 Å². The molecule has 0 spiro atoms. The van der Waals surface area contributed by atoms with E-state index in [-0.39, 0.29) is 29.8 Å². The number of carbonyl (C=O) groups is 3. The standard InChI is InChI=1S/C18H23F2NO8S/c1-7(2)21-13-9-5-10(14(13)29-16(23)8-3-4-8)12(11(9)15(21)22)17(24)28-6-18(19,20)30(25,26)27/h7-14H,3-6H2,1-2H3,(H,25,26,27). The highest BCUT2D eigenvalue weighted by Gasteiger charge is 2.71. The molecule has 12 heteroatoms. The van der Waals surface area contributed by atoms with Crippen molar-refractivity contribution in [2.75, 3.05) is 6.61 Å². The van der Waals surface area contributed by atoms with Crippen molar-refractivity contribution in [3.05, 3.63) is 0 Å². The highest BCUT2D eigenvalue weighted by molar-refractivity contribution is 7.86. The Morgan fingerprint density at radius 2 is 1.87 bits per heavy atom. The Balaban J connectivity index is 1.57. The lowest BCUT2D eigenvalue weighted by molar-refractivity contribution is -0.167. The summed E-state index contributed by atoms with van der Waals surface area (Å²) in [6, 6.07) is -0.590. The fraction of sp³-hybridized carbons (Fsp3) is 0.833. The first-order valence-electron chi connectivity index (χ1n) is 9.89. The van der Waals surface area contributed by atoms with Gasteiger partial charge in [-0.2, -0.15) is 17.2 Å². The second kappa shape index (κ2) is 6.84. The van der Waals surface area contributed by atoms with E-state index < -0.39 is 57.8 Å². The van der Waals surface area contributed by atoms with Crippen LogP contribution in [0.3, 0.4) is 0 Å². The molecule has 30 heavy (non-hydrogen) atoms. The zero-order valence-electron chi connectivity index (χ0n) is 16.4. The molecule has 4 fully saturated rings. The molecule has 0 aromatic carbocycles. The van der Waals surface area contributed by atoms with Gasteiger partial charge in [0.2, 0.25) is 5.91 Å². The summed E-state index contributed by atoms with van der Waals surface area (Å²) < 4.78 is 67.3. The minimum absolute atomic E-state index is 0.191. The van der Waals surface area contributed by atoms with E-state index in [9.17, 15) is 31.6 Å². The zero-order valence-corrected chi connectivity index (χ0v) is 17.2. The van der Waals surface area contributed by atoms with Crippen molar-refractivity contribution >= 4 is 28.0 Å². The zero-order chi connectivity index (χ0) is 22.2. The molecule has 2 bridgehead atoms. The number of ether oxygens (including phenoxy) is 2. The van der Waals surface area contributed by atoms with Gasteiger partial charge < -0.3 is 14.4 Å². The number of alkyl halides is 2. The van der Waals surface area contributed by atoms with Crippen molar-refractivity contribution in [2.45, 2.75) is 56.6 Å². The van der Waals surface area contributed by atoms with Crippen LogP contribution < -0.4 is 0 Å². The molecule has 3 aliphatic carbocycles. The molecule has 1 N–H and O–H groups in total. The van der Waals surface area contributed by atoms with Gasteiger partial charge in [0.15, 0.2) is 6.61 Å². The monoisotopic (exact) mass is 451 g/mol. The van der Waals surface area contributed by atoms with Crippen molar-refractivity contribution in [1.82, 2.24) is 4.90 Å². The number of amides is 1. The van der Waals surface area contributed by atoms with Crippen LogP contribution in [0.2, 0.25) is 0 Å². The van der Waals surface area contributed by atoms with E-state index in [4.69, 9.17) is 9.29 Å². The van der Waals surface area contributed by atoms with Gasteiger partial charge in [-0.1, -0.05) is 0 Å². The van der Waals surface area contributed by atoms with Gasteiger partial charge >= 0.3 is 27.3 Å². The molecule has 1 amide bonds. The molecular formula is C18H23F2NO8S. The number of nitrogens with zero attached hydrogens (tertiary/aromatic N) is 1. The summed E-state index contributed by atoms with van der Waals surface area (Å²) in [6.07, 6.45) is 1.10. The van der Waals surface area contributed by atoms with Crippen molar-refractivity contribution in [3.63, 3.8) is 0 Å². The van der Waals surface area contributed by atoms with Crippen molar-refractivity contribution in [2.24, 2.45) is 29.6 Å². The predicted octanol–water partition coefficient (Wildman–Crippen LogP) is 0.833. The fourth-order valence-corrected chi connectivity index (χ4v) is 5.51. The highest BCUT2D eigenvalue weighted by atomic mass is 32.2. The molecule has 6 atom stereocenters. The molecule has 1 saturated heterocycles. The third-order valence-corrected chi connectivity index (χ3v) is 7.54. The van der Waals surface area contributed by atoms with E-state index in [0.29, 0.717) is 6.42 Å². The van der Waals surface area contributed by atoms with E-state index in [1.54, 1.807) is 18.7 Å². The Morgan fingerprint density at radius 3 is 2.40 bits per heavy atom.